The summed E-state index contributed by atoms with van der Waals surface area (Å²) in [5, 5.41) is 28.8. The average Bonchev–Trinajstić information content (AvgIpc) is 2.33. The van der Waals surface area contributed by atoms with Crippen LogP contribution in [-0.2, 0) is 0 Å². The van der Waals surface area contributed by atoms with Crippen molar-refractivity contribution in [2.75, 3.05) is 18.0 Å². The fourth-order valence-corrected chi connectivity index (χ4v) is 2.07. The van der Waals surface area contributed by atoms with Crippen LogP contribution in [0.3, 0.4) is 0 Å². The van der Waals surface area contributed by atoms with Crippen molar-refractivity contribution in [3.8, 4) is 6.07 Å². The lowest BCUT2D eigenvalue weighted by Gasteiger charge is -2.32. The highest BCUT2D eigenvalue weighted by Gasteiger charge is 2.21. The van der Waals surface area contributed by atoms with Gasteiger partial charge in [0.05, 0.1) is 23.3 Å². The maximum absolute atomic E-state index is 9.97. The number of hydrogen-bond acceptors (Lipinski definition) is 4. The Labute approximate surface area is 114 Å². The summed E-state index contributed by atoms with van der Waals surface area (Å²) in [6.45, 7) is 8.30. The summed E-state index contributed by atoms with van der Waals surface area (Å²) >= 11 is 0. The molecular weight excluding hydrogens is 240 g/mol. The lowest BCUT2D eigenvalue weighted by molar-refractivity contribution is 0.0873. The van der Waals surface area contributed by atoms with Crippen LogP contribution in [0.25, 0.3) is 0 Å². The molecule has 19 heavy (non-hydrogen) atoms. The van der Waals surface area contributed by atoms with E-state index in [2.05, 4.69) is 6.07 Å². The van der Waals surface area contributed by atoms with Crippen LogP contribution < -0.4 is 4.90 Å². The molecule has 0 heterocycles. The second-order valence-corrected chi connectivity index (χ2v) is 5.39. The Morgan fingerprint density at radius 1 is 1.42 bits per heavy atom. The summed E-state index contributed by atoms with van der Waals surface area (Å²) in [5.74, 6) is 0. The number of nitrogens with zero attached hydrogens (tertiary/aromatic N) is 2. The number of benzene rings is 1. The quantitative estimate of drug-likeness (QED) is 0.853. The molecule has 0 aliphatic rings. The SMILES string of the molecule is CCN(CC(C)(C)O)c1cc(C#N)ccc1C(C)O. The van der Waals surface area contributed by atoms with Gasteiger partial charge in [-0.15, -0.1) is 0 Å². The normalized spacial score (nSPS) is 12.9. The van der Waals surface area contributed by atoms with Gasteiger partial charge in [0, 0.05) is 24.3 Å². The lowest BCUT2D eigenvalue weighted by atomic mass is 10.0. The Morgan fingerprint density at radius 2 is 2.05 bits per heavy atom. The number of anilines is 1. The fraction of sp³-hybridized carbons (Fsp3) is 0.533. The minimum absolute atomic E-state index is 0.443. The van der Waals surface area contributed by atoms with Crippen molar-refractivity contribution in [3.05, 3.63) is 29.3 Å². The third-order valence-corrected chi connectivity index (χ3v) is 2.91. The van der Waals surface area contributed by atoms with E-state index in [-0.39, 0.29) is 0 Å². The number of aliphatic hydroxyl groups is 2. The molecular formula is C15H22N2O2. The first kappa shape index (κ1) is 15.5. The Balaban J connectivity index is 3.24. The highest BCUT2D eigenvalue weighted by Crippen LogP contribution is 2.28. The van der Waals surface area contributed by atoms with Crippen molar-refractivity contribution in [1.82, 2.24) is 0 Å². The molecule has 1 atom stereocenters. The predicted molar refractivity (Wildman–Crippen MR) is 76.0 cm³/mol. The minimum atomic E-state index is -0.839. The minimum Gasteiger partial charge on any atom is -0.389 e. The van der Waals surface area contributed by atoms with E-state index in [1.165, 1.54) is 0 Å². The van der Waals surface area contributed by atoms with E-state index >= 15 is 0 Å². The monoisotopic (exact) mass is 262 g/mol. The second-order valence-electron chi connectivity index (χ2n) is 5.39. The molecule has 0 aliphatic heterocycles. The predicted octanol–water partition coefficient (Wildman–Crippen LogP) is 2.21. The van der Waals surface area contributed by atoms with Gasteiger partial charge in [-0.1, -0.05) is 6.07 Å². The van der Waals surface area contributed by atoms with Crippen molar-refractivity contribution >= 4 is 5.69 Å². The third-order valence-electron chi connectivity index (χ3n) is 2.91. The van der Waals surface area contributed by atoms with Crippen LogP contribution in [0.15, 0.2) is 18.2 Å². The molecule has 0 radical (unpaired) electrons. The van der Waals surface area contributed by atoms with E-state index in [0.717, 1.165) is 11.3 Å². The third kappa shape index (κ3) is 4.23. The van der Waals surface area contributed by atoms with Gasteiger partial charge in [0.25, 0.3) is 0 Å². The molecule has 0 aliphatic carbocycles. The van der Waals surface area contributed by atoms with Crippen LogP contribution in [0.2, 0.25) is 0 Å². The van der Waals surface area contributed by atoms with E-state index in [4.69, 9.17) is 5.26 Å². The largest absolute Gasteiger partial charge is 0.389 e. The summed E-state index contributed by atoms with van der Waals surface area (Å²) < 4.78 is 0. The first-order valence-electron chi connectivity index (χ1n) is 6.48. The molecule has 0 fully saturated rings. The molecule has 104 valence electrons. The first-order valence-corrected chi connectivity index (χ1v) is 6.48. The maximum Gasteiger partial charge on any atom is 0.0992 e. The molecule has 1 aromatic carbocycles. The lowest BCUT2D eigenvalue weighted by Crippen LogP contribution is -2.39. The topological polar surface area (TPSA) is 67.5 Å². The van der Waals surface area contributed by atoms with Crippen LogP contribution in [0.4, 0.5) is 5.69 Å². The van der Waals surface area contributed by atoms with E-state index in [1.54, 1.807) is 39.0 Å². The molecule has 0 bridgehead atoms. The van der Waals surface area contributed by atoms with E-state index in [9.17, 15) is 10.2 Å². The first-order chi connectivity index (χ1) is 8.78. The van der Waals surface area contributed by atoms with Gasteiger partial charge in [0.15, 0.2) is 0 Å². The van der Waals surface area contributed by atoms with Gasteiger partial charge in [-0.05, 0) is 39.8 Å². The summed E-state index contributed by atoms with van der Waals surface area (Å²) in [6.07, 6.45) is -0.612. The van der Waals surface area contributed by atoms with Crippen LogP contribution >= 0.6 is 0 Å². The van der Waals surface area contributed by atoms with Crippen molar-refractivity contribution in [2.45, 2.75) is 39.4 Å². The highest BCUT2D eigenvalue weighted by molar-refractivity contribution is 5.58. The fourth-order valence-electron chi connectivity index (χ4n) is 2.07. The van der Waals surface area contributed by atoms with Crippen LogP contribution in [0.5, 0.6) is 0 Å². The number of likely N-dealkylation sites (N-methyl/N-ethyl adjacent to an activating group) is 1. The molecule has 2 N–H and O–H groups in total. The number of aliphatic hydroxyl groups excluding tert-OH is 1. The Morgan fingerprint density at radius 3 is 2.47 bits per heavy atom. The number of rotatable bonds is 5. The Bertz CT molecular complexity index is 470. The zero-order valence-electron chi connectivity index (χ0n) is 12.0. The van der Waals surface area contributed by atoms with Gasteiger partial charge < -0.3 is 15.1 Å². The molecule has 0 saturated heterocycles. The Kier molecular flexibility index (Phi) is 4.93. The zero-order valence-corrected chi connectivity index (χ0v) is 12.0. The summed E-state index contributed by atoms with van der Waals surface area (Å²) in [4.78, 5) is 1.98. The van der Waals surface area contributed by atoms with Crippen molar-refractivity contribution < 1.29 is 10.2 Å². The standard InChI is InChI=1S/C15H22N2O2/c1-5-17(10-15(3,4)19)14-8-12(9-16)6-7-13(14)11(2)18/h6-8,11,18-19H,5,10H2,1-4H3. The average molecular weight is 262 g/mol. The van der Waals surface area contributed by atoms with Gasteiger partial charge >= 0.3 is 0 Å². The Hall–Kier alpha value is -1.57. The van der Waals surface area contributed by atoms with E-state index in [0.29, 0.717) is 18.7 Å². The molecule has 4 nitrogen and oxygen atoms in total. The summed E-state index contributed by atoms with van der Waals surface area (Å²) in [6, 6.07) is 7.33. The highest BCUT2D eigenvalue weighted by atomic mass is 16.3. The van der Waals surface area contributed by atoms with Crippen molar-refractivity contribution in [2.24, 2.45) is 0 Å². The van der Waals surface area contributed by atoms with Gasteiger partial charge in [-0.2, -0.15) is 5.26 Å². The molecule has 0 aromatic heterocycles. The smallest absolute Gasteiger partial charge is 0.0992 e. The van der Waals surface area contributed by atoms with Gasteiger partial charge in [0.2, 0.25) is 0 Å². The maximum atomic E-state index is 9.97. The van der Waals surface area contributed by atoms with Crippen molar-refractivity contribution in [1.29, 1.82) is 5.26 Å². The van der Waals surface area contributed by atoms with Gasteiger partial charge in [-0.25, -0.2) is 0 Å². The summed E-state index contributed by atoms with van der Waals surface area (Å²) in [7, 11) is 0. The molecule has 0 amide bonds. The molecule has 0 saturated carbocycles. The molecule has 4 heteroatoms. The molecule has 1 rings (SSSR count). The van der Waals surface area contributed by atoms with Crippen LogP contribution in [0, 0.1) is 11.3 Å². The van der Waals surface area contributed by atoms with Crippen LogP contribution in [0.1, 0.15) is 44.9 Å². The van der Waals surface area contributed by atoms with Gasteiger partial charge in [-0.3, -0.25) is 0 Å². The molecule has 1 aromatic rings. The zero-order chi connectivity index (χ0) is 14.6. The van der Waals surface area contributed by atoms with Crippen molar-refractivity contribution in [3.63, 3.8) is 0 Å². The van der Waals surface area contributed by atoms with E-state index < -0.39 is 11.7 Å². The molecule has 0 spiro atoms. The number of hydrogen-bond donors (Lipinski definition) is 2. The van der Waals surface area contributed by atoms with Crippen LogP contribution in [-0.4, -0.2) is 28.9 Å². The molecule has 1 unspecified atom stereocenters. The summed E-state index contributed by atoms with van der Waals surface area (Å²) in [5.41, 5.74) is 1.28. The van der Waals surface area contributed by atoms with Gasteiger partial charge in [0.1, 0.15) is 0 Å². The number of nitriles is 1. The van der Waals surface area contributed by atoms with E-state index in [1.807, 2.05) is 11.8 Å². The second kappa shape index (κ2) is 6.05.